The summed E-state index contributed by atoms with van der Waals surface area (Å²) in [7, 11) is 2.14. The van der Waals surface area contributed by atoms with Crippen LogP contribution in [0.1, 0.15) is 0 Å². The SMILES string of the molecule is CN(CSCCOCCS)CSCCOCCS. The predicted octanol–water partition coefficient (Wildman–Crippen LogP) is 2.19. The third-order valence-corrected chi connectivity index (χ3v) is 4.36. The second-order valence-electron chi connectivity index (χ2n) is 3.60. The van der Waals surface area contributed by atoms with Crippen molar-refractivity contribution in [2.45, 2.75) is 0 Å². The van der Waals surface area contributed by atoms with E-state index in [4.69, 9.17) is 9.47 Å². The normalized spacial score (nSPS) is 11.3. The van der Waals surface area contributed by atoms with Crippen molar-refractivity contribution in [1.29, 1.82) is 0 Å². The Hall–Kier alpha value is 1.28. The summed E-state index contributed by atoms with van der Waals surface area (Å²) in [6.45, 7) is 3.15. The molecular weight excluding hydrogens is 306 g/mol. The van der Waals surface area contributed by atoms with E-state index in [1.807, 2.05) is 23.5 Å². The largest absolute Gasteiger partial charge is 0.380 e. The highest BCUT2D eigenvalue weighted by atomic mass is 32.2. The van der Waals surface area contributed by atoms with Gasteiger partial charge in [0.25, 0.3) is 0 Å². The van der Waals surface area contributed by atoms with Crippen LogP contribution in [0, 0.1) is 0 Å². The van der Waals surface area contributed by atoms with Crippen LogP contribution in [0.4, 0.5) is 0 Å². The maximum absolute atomic E-state index is 5.36. The van der Waals surface area contributed by atoms with E-state index in [0.717, 1.165) is 61.2 Å². The van der Waals surface area contributed by atoms with Gasteiger partial charge in [0.2, 0.25) is 0 Å². The zero-order chi connectivity index (χ0) is 13.5. The van der Waals surface area contributed by atoms with E-state index >= 15 is 0 Å². The van der Waals surface area contributed by atoms with Gasteiger partial charge in [-0.25, -0.2) is 0 Å². The molecule has 0 saturated carbocycles. The molecule has 3 nitrogen and oxygen atoms in total. The van der Waals surface area contributed by atoms with Crippen molar-refractivity contribution in [3.8, 4) is 0 Å². The number of rotatable bonds is 14. The molecule has 18 heavy (non-hydrogen) atoms. The molecule has 7 heteroatoms. The highest BCUT2D eigenvalue weighted by molar-refractivity contribution is 8.00. The zero-order valence-corrected chi connectivity index (χ0v) is 14.5. The van der Waals surface area contributed by atoms with Gasteiger partial charge >= 0.3 is 0 Å². The highest BCUT2D eigenvalue weighted by Gasteiger charge is 1.98. The molecule has 0 fully saturated rings. The van der Waals surface area contributed by atoms with Crippen LogP contribution in [-0.2, 0) is 9.47 Å². The van der Waals surface area contributed by atoms with Crippen LogP contribution >= 0.6 is 48.8 Å². The minimum atomic E-state index is 0.752. The Kier molecular flexibility index (Phi) is 17.5. The molecule has 0 aliphatic heterocycles. The lowest BCUT2D eigenvalue weighted by Crippen LogP contribution is -2.18. The first kappa shape index (κ1) is 19.3. The van der Waals surface area contributed by atoms with Gasteiger partial charge in [-0.1, -0.05) is 0 Å². The fourth-order valence-electron chi connectivity index (χ4n) is 1.05. The molecule has 0 spiro atoms. The fraction of sp³-hybridized carbons (Fsp3) is 1.00. The Labute approximate surface area is 131 Å². The van der Waals surface area contributed by atoms with Gasteiger partial charge in [-0.2, -0.15) is 25.3 Å². The molecule has 0 saturated heterocycles. The van der Waals surface area contributed by atoms with Gasteiger partial charge in [0, 0.05) is 34.8 Å². The van der Waals surface area contributed by atoms with E-state index in [1.165, 1.54) is 0 Å². The van der Waals surface area contributed by atoms with Gasteiger partial charge < -0.3 is 9.47 Å². The lowest BCUT2D eigenvalue weighted by Gasteiger charge is -2.15. The first-order valence-electron chi connectivity index (χ1n) is 6.02. The van der Waals surface area contributed by atoms with Crippen LogP contribution < -0.4 is 0 Å². The van der Waals surface area contributed by atoms with Crippen molar-refractivity contribution in [1.82, 2.24) is 4.90 Å². The summed E-state index contributed by atoms with van der Waals surface area (Å²) in [6.07, 6.45) is 0. The molecular formula is C11H25NO2S4. The van der Waals surface area contributed by atoms with Gasteiger partial charge in [0.15, 0.2) is 0 Å². The first-order valence-corrected chi connectivity index (χ1v) is 9.60. The minimum absolute atomic E-state index is 0.752. The Balaban J connectivity index is 3.10. The molecule has 0 aromatic rings. The molecule has 0 aliphatic carbocycles. The Morgan fingerprint density at radius 3 is 1.67 bits per heavy atom. The average Bonchev–Trinajstić information content (AvgIpc) is 2.38. The summed E-state index contributed by atoms with van der Waals surface area (Å²) in [6, 6.07) is 0. The van der Waals surface area contributed by atoms with Crippen molar-refractivity contribution in [3.05, 3.63) is 0 Å². The predicted molar refractivity (Wildman–Crippen MR) is 91.8 cm³/mol. The molecule has 0 rings (SSSR count). The topological polar surface area (TPSA) is 21.7 Å². The van der Waals surface area contributed by atoms with Gasteiger partial charge in [0.05, 0.1) is 26.4 Å². The molecule has 0 amide bonds. The van der Waals surface area contributed by atoms with Gasteiger partial charge in [-0.3, -0.25) is 4.90 Å². The number of hydrogen-bond donors (Lipinski definition) is 2. The summed E-state index contributed by atoms with van der Waals surface area (Å²) in [5, 5.41) is 0. The van der Waals surface area contributed by atoms with E-state index in [1.54, 1.807) is 0 Å². The van der Waals surface area contributed by atoms with Crippen molar-refractivity contribution >= 4 is 48.8 Å². The van der Waals surface area contributed by atoms with Crippen molar-refractivity contribution in [3.63, 3.8) is 0 Å². The van der Waals surface area contributed by atoms with E-state index < -0.39 is 0 Å². The van der Waals surface area contributed by atoms with Crippen LogP contribution in [0.5, 0.6) is 0 Å². The summed E-state index contributed by atoms with van der Waals surface area (Å²) >= 11 is 12.0. The number of nitrogens with zero attached hydrogens (tertiary/aromatic N) is 1. The van der Waals surface area contributed by atoms with Crippen LogP contribution in [0.2, 0.25) is 0 Å². The zero-order valence-electron chi connectivity index (χ0n) is 11.0. The number of hydrogen-bond acceptors (Lipinski definition) is 7. The molecule has 0 atom stereocenters. The Bertz CT molecular complexity index is 150. The third kappa shape index (κ3) is 15.3. The van der Waals surface area contributed by atoms with Gasteiger partial charge in [-0.15, -0.1) is 23.5 Å². The third-order valence-electron chi connectivity index (χ3n) is 1.84. The van der Waals surface area contributed by atoms with Crippen LogP contribution in [-0.4, -0.2) is 73.1 Å². The molecule has 0 aromatic heterocycles. The molecule has 0 N–H and O–H groups in total. The van der Waals surface area contributed by atoms with Crippen LogP contribution in [0.25, 0.3) is 0 Å². The van der Waals surface area contributed by atoms with E-state index in [-0.39, 0.29) is 0 Å². The van der Waals surface area contributed by atoms with Gasteiger partial charge in [0.1, 0.15) is 0 Å². The van der Waals surface area contributed by atoms with Crippen molar-refractivity contribution in [2.75, 3.05) is 68.2 Å². The van der Waals surface area contributed by atoms with Crippen LogP contribution in [0.3, 0.4) is 0 Å². The highest BCUT2D eigenvalue weighted by Crippen LogP contribution is 2.07. The summed E-state index contributed by atoms with van der Waals surface area (Å²) in [4.78, 5) is 2.31. The smallest absolute Gasteiger partial charge is 0.0557 e. The Morgan fingerprint density at radius 2 is 1.28 bits per heavy atom. The summed E-state index contributed by atoms with van der Waals surface area (Å²) in [5.74, 6) is 5.80. The van der Waals surface area contributed by atoms with Crippen molar-refractivity contribution < 1.29 is 9.47 Å². The maximum atomic E-state index is 5.36. The molecule has 0 aliphatic rings. The van der Waals surface area contributed by atoms with E-state index in [9.17, 15) is 0 Å². The fourth-order valence-corrected chi connectivity index (χ4v) is 2.96. The molecule has 0 aromatic carbocycles. The molecule has 110 valence electrons. The quantitative estimate of drug-likeness (QED) is 0.288. The molecule has 0 bridgehead atoms. The number of ether oxygens (including phenoxy) is 2. The monoisotopic (exact) mass is 331 g/mol. The second kappa shape index (κ2) is 16.3. The van der Waals surface area contributed by atoms with E-state index in [0.29, 0.717) is 0 Å². The Morgan fingerprint density at radius 1 is 0.833 bits per heavy atom. The number of thioether (sulfide) groups is 2. The first-order chi connectivity index (χ1) is 8.81. The molecule has 0 heterocycles. The second-order valence-corrected chi connectivity index (χ2v) is 6.65. The average molecular weight is 332 g/mol. The minimum Gasteiger partial charge on any atom is -0.380 e. The maximum Gasteiger partial charge on any atom is 0.0557 e. The standard InChI is InChI=1S/C11H25NO2S4/c1-12(10-17-8-4-13-2-6-15)11-18-9-5-14-3-7-16/h15-16H,2-11H2,1H3. The molecule has 0 unspecified atom stereocenters. The van der Waals surface area contributed by atoms with Crippen molar-refractivity contribution in [2.24, 2.45) is 0 Å². The number of thiol groups is 2. The summed E-state index contributed by atoms with van der Waals surface area (Å²) < 4.78 is 10.7. The molecule has 0 radical (unpaired) electrons. The lowest BCUT2D eigenvalue weighted by molar-refractivity contribution is 0.167. The lowest BCUT2D eigenvalue weighted by atomic mass is 10.8. The van der Waals surface area contributed by atoms with Crippen LogP contribution in [0.15, 0.2) is 0 Å². The summed E-state index contributed by atoms with van der Waals surface area (Å²) in [5.41, 5.74) is 0. The van der Waals surface area contributed by atoms with Gasteiger partial charge in [-0.05, 0) is 7.05 Å². The van der Waals surface area contributed by atoms with E-state index in [2.05, 4.69) is 37.2 Å².